The maximum Gasteiger partial charge on any atom is 0.435 e. The van der Waals surface area contributed by atoms with Crippen LogP contribution >= 0.6 is 22.6 Å². The van der Waals surface area contributed by atoms with Crippen molar-refractivity contribution in [3.05, 3.63) is 75.5 Å². The number of aromatic nitrogens is 6. The largest absolute Gasteiger partial charge is 0.442 e. The van der Waals surface area contributed by atoms with Gasteiger partial charge in [-0.1, -0.05) is 0 Å². The number of hydrogen-bond acceptors (Lipinski definition) is 6. The number of aliphatic imine (C=N–C) groups is 1. The first-order chi connectivity index (χ1) is 18.9. The van der Waals surface area contributed by atoms with Gasteiger partial charge in [0, 0.05) is 60.3 Å². The van der Waals surface area contributed by atoms with E-state index in [1.165, 1.54) is 6.07 Å². The molecule has 2 aromatic carbocycles. The number of carbonyl (C=O) groups excluding carboxylic acids is 1. The van der Waals surface area contributed by atoms with Gasteiger partial charge in [-0.15, -0.1) is 0 Å². The van der Waals surface area contributed by atoms with Crippen LogP contribution < -0.4 is 0 Å². The first kappa shape index (κ1) is 27.6. The lowest BCUT2D eigenvalue weighted by atomic mass is 10.0. The second-order valence-electron chi connectivity index (χ2n) is 10.3. The molecule has 1 aliphatic rings. The fourth-order valence-electron chi connectivity index (χ4n) is 4.25. The van der Waals surface area contributed by atoms with Crippen LogP contribution in [0.5, 0.6) is 0 Å². The van der Waals surface area contributed by atoms with Crippen molar-refractivity contribution in [1.29, 1.82) is 0 Å². The highest BCUT2D eigenvalue weighted by Crippen LogP contribution is 2.30. The monoisotopic (exact) mass is 657 g/mol. The summed E-state index contributed by atoms with van der Waals surface area (Å²) < 4.78 is 38.6. The molecule has 6 rings (SSSR count). The minimum absolute atomic E-state index is 0.112. The predicted molar refractivity (Wildman–Crippen MR) is 156 cm³/mol. The number of halogens is 3. The van der Waals surface area contributed by atoms with Gasteiger partial charge >= 0.3 is 6.09 Å². The van der Waals surface area contributed by atoms with Crippen LogP contribution in [0.1, 0.15) is 31.9 Å². The van der Waals surface area contributed by atoms with Gasteiger partial charge in [0.25, 0.3) is 0 Å². The summed E-state index contributed by atoms with van der Waals surface area (Å²) in [6, 6.07) is 6.67. The van der Waals surface area contributed by atoms with E-state index in [9.17, 15) is 13.6 Å². The predicted octanol–water partition coefficient (Wildman–Crippen LogP) is 6.12. The Labute approximate surface area is 242 Å². The van der Waals surface area contributed by atoms with E-state index in [4.69, 9.17) is 4.74 Å². The minimum Gasteiger partial charge on any atom is -0.442 e. The van der Waals surface area contributed by atoms with Crippen LogP contribution in [-0.2, 0) is 25.4 Å². The van der Waals surface area contributed by atoms with Crippen molar-refractivity contribution in [2.75, 3.05) is 0 Å². The number of ether oxygens (including phenoxy) is 1. The topological polar surface area (TPSA) is 92.1 Å². The summed E-state index contributed by atoms with van der Waals surface area (Å²) in [5.41, 5.74) is 4.22. The van der Waals surface area contributed by atoms with Gasteiger partial charge in [-0.3, -0.25) is 14.4 Å². The summed E-state index contributed by atoms with van der Waals surface area (Å²) in [6.45, 7) is 5.70. The fraction of sp³-hybridized carbons (Fsp3) is 0.250. The third-order valence-corrected chi connectivity index (χ3v) is 6.83. The zero-order valence-electron chi connectivity index (χ0n) is 22.5. The Balaban J connectivity index is 0.000000174. The highest BCUT2D eigenvalue weighted by Gasteiger charge is 2.24. The standard InChI is InChI=1S/C16H16FIN4O2.C12H10FN3/c1-16(2,3)24-15(23)22-13-11(14(18)20-22)5-9(6-12(13)17)10-7-19-21(4)8-10;1-16-7-10(5-15-16)8-2-9-4-14-6-11(9)12(13)3-8/h5-8H,1-4H3;2-5,7H,6H2,1H3. The summed E-state index contributed by atoms with van der Waals surface area (Å²) >= 11 is 1.98. The smallest absolute Gasteiger partial charge is 0.435 e. The number of fused-ring (bicyclic) bond motifs is 2. The van der Waals surface area contributed by atoms with Crippen LogP contribution in [0.25, 0.3) is 33.2 Å². The van der Waals surface area contributed by atoms with Crippen molar-refractivity contribution in [1.82, 2.24) is 29.3 Å². The molecule has 0 saturated carbocycles. The highest BCUT2D eigenvalue weighted by molar-refractivity contribution is 14.1. The SMILES string of the molecule is Cn1cc(-c2cc(F)c3c(c2)C=NC3)cn1.Cn1cc(-c2cc(F)c3c(c2)c(I)nn3C(=O)OC(C)(C)C)cn1. The number of hydrogen-bond donors (Lipinski definition) is 0. The Morgan fingerprint density at radius 2 is 1.52 bits per heavy atom. The first-order valence-electron chi connectivity index (χ1n) is 12.3. The van der Waals surface area contributed by atoms with Gasteiger partial charge in [0.05, 0.1) is 18.9 Å². The Kier molecular flexibility index (Phi) is 7.29. The molecule has 0 bridgehead atoms. The number of aryl methyl sites for hydroxylation is 2. The molecule has 0 atom stereocenters. The van der Waals surface area contributed by atoms with E-state index < -0.39 is 17.5 Å². The Bertz CT molecular complexity index is 1780. The summed E-state index contributed by atoms with van der Waals surface area (Å²) in [4.78, 5) is 16.4. The number of nitrogens with zero attached hydrogens (tertiary/aromatic N) is 7. The zero-order chi connectivity index (χ0) is 28.8. The van der Waals surface area contributed by atoms with E-state index in [1.54, 1.807) is 74.1 Å². The normalized spacial score (nSPS) is 12.4. The molecule has 3 aromatic heterocycles. The molecular weight excluding hydrogens is 631 g/mol. The van der Waals surface area contributed by atoms with Gasteiger partial charge in [0.1, 0.15) is 26.5 Å². The van der Waals surface area contributed by atoms with Crippen molar-refractivity contribution in [2.45, 2.75) is 32.9 Å². The molecule has 0 fully saturated rings. The molecule has 0 unspecified atom stereocenters. The first-order valence-corrected chi connectivity index (χ1v) is 13.4. The Hall–Kier alpha value is -3.94. The van der Waals surface area contributed by atoms with Crippen molar-refractivity contribution in [2.24, 2.45) is 19.1 Å². The van der Waals surface area contributed by atoms with Crippen LogP contribution in [0.2, 0.25) is 0 Å². The summed E-state index contributed by atoms with van der Waals surface area (Å²) in [7, 11) is 3.64. The number of carbonyl (C=O) groups is 1. The van der Waals surface area contributed by atoms with Gasteiger partial charge in [0.15, 0.2) is 0 Å². The van der Waals surface area contributed by atoms with Crippen LogP contribution in [0.3, 0.4) is 0 Å². The Morgan fingerprint density at radius 1 is 0.925 bits per heavy atom. The van der Waals surface area contributed by atoms with E-state index >= 15 is 0 Å². The second kappa shape index (κ2) is 10.6. The van der Waals surface area contributed by atoms with Crippen LogP contribution in [0.15, 0.2) is 54.0 Å². The fourth-order valence-corrected chi connectivity index (χ4v) is 4.88. The highest BCUT2D eigenvalue weighted by atomic mass is 127. The quantitative estimate of drug-likeness (QED) is 0.214. The van der Waals surface area contributed by atoms with Crippen LogP contribution in [0.4, 0.5) is 13.6 Å². The molecule has 12 heteroatoms. The van der Waals surface area contributed by atoms with E-state index in [0.29, 0.717) is 26.8 Å². The maximum absolute atomic E-state index is 14.7. The van der Waals surface area contributed by atoms with Crippen LogP contribution in [0, 0.1) is 15.3 Å². The molecule has 0 aliphatic carbocycles. The number of rotatable bonds is 2. The summed E-state index contributed by atoms with van der Waals surface area (Å²) in [5, 5.41) is 12.9. The molecular formula is C28H26F2IN7O2. The molecule has 40 heavy (non-hydrogen) atoms. The third kappa shape index (κ3) is 5.67. The summed E-state index contributed by atoms with van der Waals surface area (Å²) in [6.07, 6.45) is 8.07. The van der Waals surface area contributed by atoms with E-state index in [1.807, 2.05) is 41.9 Å². The lowest BCUT2D eigenvalue weighted by Gasteiger charge is -2.19. The van der Waals surface area contributed by atoms with Gasteiger partial charge in [-0.2, -0.15) is 20.0 Å². The average molecular weight is 657 g/mol. The van der Waals surface area contributed by atoms with E-state index in [-0.39, 0.29) is 11.3 Å². The van der Waals surface area contributed by atoms with Gasteiger partial charge < -0.3 is 4.74 Å². The average Bonchev–Trinajstić information content (AvgIpc) is 3.66. The molecule has 0 saturated heterocycles. The minimum atomic E-state index is -0.705. The third-order valence-electron chi connectivity index (χ3n) is 6.04. The molecule has 0 amide bonds. The number of benzene rings is 2. The molecule has 206 valence electrons. The van der Waals surface area contributed by atoms with E-state index in [0.717, 1.165) is 26.9 Å². The van der Waals surface area contributed by atoms with Crippen molar-refractivity contribution >= 4 is 45.8 Å². The van der Waals surface area contributed by atoms with Crippen molar-refractivity contribution in [3.8, 4) is 22.3 Å². The zero-order valence-corrected chi connectivity index (χ0v) is 24.6. The molecule has 5 aromatic rings. The summed E-state index contributed by atoms with van der Waals surface area (Å²) in [5.74, 6) is -0.721. The van der Waals surface area contributed by atoms with Gasteiger partial charge in [0.2, 0.25) is 0 Å². The molecule has 4 heterocycles. The van der Waals surface area contributed by atoms with E-state index in [2.05, 4.69) is 20.3 Å². The molecule has 0 N–H and O–H groups in total. The van der Waals surface area contributed by atoms with Crippen molar-refractivity contribution < 1.29 is 18.3 Å². The lowest BCUT2D eigenvalue weighted by Crippen LogP contribution is -2.28. The lowest BCUT2D eigenvalue weighted by molar-refractivity contribution is 0.0521. The Morgan fingerprint density at radius 3 is 2.10 bits per heavy atom. The van der Waals surface area contributed by atoms with Gasteiger partial charge in [-0.05, 0) is 78.8 Å². The maximum atomic E-state index is 14.7. The molecule has 0 spiro atoms. The molecule has 1 aliphatic heterocycles. The van der Waals surface area contributed by atoms with Crippen LogP contribution in [-0.4, -0.2) is 47.3 Å². The van der Waals surface area contributed by atoms with Crippen molar-refractivity contribution in [3.63, 3.8) is 0 Å². The second-order valence-corrected chi connectivity index (χ2v) is 11.4. The van der Waals surface area contributed by atoms with Gasteiger partial charge in [-0.25, -0.2) is 13.6 Å². The molecule has 9 nitrogen and oxygen atoms in total. The molecule has 0 radical (unpaired) electrons.